The summed E-state index contributed by atoms with van der Waals surface area (Å²) in [5, 5.41) is 12.7. The second-order valence-corrected chi connectivity index (χ2v) is 19.0. The zero-order valence-electron chi connectivity index (χ0n) is 34.9. The molecule has 0 radical (unpaired) electrons. The van der Waals surface area contributed by atoms with Crippen molar-refractivity contribution < 1.29 is 0 Å². The van der Waals surface area contributed by atoms with Crippen LogP contribution in [-0.2, 0) is 17.3 Å². The molecule has 10 aromatic carbocycles. The quantitative estimate of drug-likeness (QED) is 0.158. The molecular weight excluding hydrogens is 709 g/mol. The molecule has 1 aliphatic carbocycles. The van der Waals surface area contributed by atoms with E-state index in [9.17, 15) is 0 Å². The van der Waals surface area contributed by atoms with Crippen molar-refractivity contribution in [2.24, 2.45) is 0 Å². The molecule has 0 saturated heterocycles. The summed E-state index contributed by atoms with van der Waals surface area (Å²) in [7, 11) is 0. The summed E-state index contributed by atoms with van der Waals surface area (Å²) in [5.41, 5.74) is 16.2. The van der Waals surface area contributed by atoms with Crippen LogP contribution in [0.15, 0.2) is 170 Å². The van der Waals surface area contributed by atoms with Gasteiger partial charge in [-0.05, 0) is 174 Å². The van der Waals surface area contributed by atoms with Gasteiger partial charge in [-0.3, -0.25) is 0 Å². The van der Waals surface area contributed by atoms with Crippen molar-refractivity contribution in [1.82, 2.24) is 0 Å². The standard InChI is InChI=1S/C59H48/c1-58(2,3)45-24-26-47-43(30-45)29-44-31-46(59(4,5)6)33-53(57(44)47)42-23-25-50-52(41-22-20-37-14-8-10-16-39(37)28-41)34-55-49-18-12-11-17-48(49)51(35-56(55)54(50)32-42)40-21-19-36-13-7-9-15-38(36)27-40/h7-28,30-35H,29H2,1-6H3. The molecule has 59 heavy (non-hydrogen) atoms. The molecule has 0 N–H and O–H groups in total. The summed E-state index contributed by atoms with van der Waals surface area (Å²) in [6.45, 7) is 14.0. The highest BCUT2D eigenvalue weighted by Gasteiger charge is 2.28. The Labute approximate surface area is 347 Å². The summed E-state index contributed by atoms with van der Waals surface area (Å²) in [6.07, 6.45) is 0.967. The average Bonchev–Trinajstić information content (AvgIpc) is 3.62. The second kappa shape index (κ2) is 13.0. The van der Waals surface area contributed by atoms with Crippen LogP contribution in [0.1, 0.15) is 63.8 Å². The van der Waals surface area contributed by atoms with Crippen molar-refractivity contribution >= 4 is 53.9 Å². The lowest BCUT2D eigenvalue weighted by Gasteiger charge is -2.23. The molecule has 0 unspecified atom stereocenters. The number of benzene rings is 10. The predicted octanol–water partition coefficient (Wildman–Crippen LogP) is 16.6. The summed E-state index contributed by atoms with van der Waals surface area (Å²) >= 11 is 0. The van der Waals surface area contributed by atoms with Crippen molar-refractivity contribution in [2.75, 3.05) is 0 Å². The number of hydrogen-bond acceptors (Lipinski definition) is 0. The van der Waals surface area contributed by atoms with E-state index in [0.29, 0.717) is 0 Å². The Kier molecular flexibility index (Phi) is 7.86. The molecule has 11 rings (SSSR count). The Morgan fingerprint density at radius 3 is 1.42 bits per heavy atom. The van der Waals surface area contributed by atoms with Gasteiger partial charge >= 0.3 is 0 Å². The van der Waals surface area contributed by atoms with Crippen LogP contribution < -0.4 is 0 Å². The maximum Gasteiger partial charge on any atom is -0.00130 e. The lowest BCUT2D eigenvalue weighted by Crippen LogP contribution is -2.12. The van der Waals surface area contributed by atoms with Gasteiger partial charge in [0.2, 0.25) is 0 Å². The minimum Gasteiger partial charge on any atom is -0.0616 e. The topological polar surface area (TPSA) is 0 Å². The van der Waals surface area contributed by atoms with Gasteiger partial charge in [0, 0.05) is 0 Å². The van der Waals surface area contributed by atoms with Gasteiger partial charge < -0.3 is 0 Å². The van der Waals surface area contributed by atoms with Gasteiger partial charge in [0.25, 0.3) is 0 Å². The largest absolute Gasteiger partial charge is 0.0616 e. The second-order valence-electron chi connectivity index (χ2n) is 19.0. The molecule has 0 fully saturated rings. The van der Waals surface area contributed by atoms with Crippen LogP contribution in [0.4, 0.5) is 0 Å². The molecule has 0 spiro atoms. The van der Waals surface area contributed by atoms with E-state index < -0.39 is 0 Å². The number of rotatable bonds is 3. The molecule has 0 amide bonds. The third-order valence-corrected chi connectivity index (χ3v) is 13.1. The molecule has 284 valence electrons. The van der Waals surface area contributed by atoms with E-state index in [4.69, 9.17) is 0 Å². The highest BCUT2D eigenvalue weighted by atomic mass is 14.3. The van der Waals surface area contributed by atoms with E-state index in [0.717, 1.165) is 6.42 Å². The minimum atomic E-state index is 0.00952. The van der Waals surface area contributed by atoms with Gasteiger partial charge in [-0.1, -0.05) is 175 Å². The van der Waals surface area contributed by atoms with Crippen molar-refractivity contribution in [2.45, 2.75) is 58.8 Å². The fourth-order valence-electron chi connectivity index (χ4n) is 9.83. The Morgan fingerprint density at radius 1 is 0.305 bits per heavy atom. The summed E-state index contributed by atoms with van der Waals surface area (Å²) in [6, 6.07) is 64.8. The van der Waals surface area contributed by atoms with Gasteiger partial charge in [-0.25, -0.2) is 0 Å². The number of fused-ring (bicyclic) bond motifs is 10. The highest BCUT2D eigenvalue weighted by Crippen LogP contribution is 2.49. The lowest BCUT2D eigenvalue weighted by atomic mass is 9.81. The molecule has 0 saturated carbocycles. The van der Waals surface area contributed by atoms with Gasteiger partial charge in [0.05, 0.1) is 0 Å². The Morgan fingerprint density at radius 2 is 0.797 bits per heavy atom. The first-order chi connectivity index (χ1) is 28.5. The van der Waals surface area contributed by atoms with E-state index in [1.807, 2.05) is 0 Å². The maximum absolute atomic E-state index is 2.52. The molecular formula is C59H48. The third kappa shape index (κ3) is 5.88. The Hall–Kier alpha value is -6.50. The van der Waals surface area contributed by atoms with Crippen molar-refractivity contribution in [3.8, 4) is 44.5 Å². The molecule has 0 heterocycles. The summed E-state index contributed by atoms with van der Waals surface area (Å²) < 4.78 is 0. The van der Waals surface area contributed by atoms with Gasteiger partial charge in [0.1, 0.15) is 0 Å². The van der Waals surface area contributed by atoms with Crippen molar-refractivity contribution in [3.05, 3.63) is 192 Å². The van der Waals surface area contributed by atoms with Crippen LogP contribution in [0.2, 0.25) is 0 Å². The zero-order valence-corrected chi connectivity index (χ0v) is 34.9. The zero-order chi connectivity index (χ0) is 40.2. The van der Waals surface area contributed by atoms with Gasteiger partial charge in [-0.2, -0.15) is 0 Å². The van der Waals surface area contributed by atoms with Crippen LogP contribution in [0.3, 0.4) is 0 Å². The van der Waals surface area contributed by atoms with Crippen molar-refractivity contribution in [1.29, 1.82) is 0 Å². The molecule has 0 atom stereocenters. The van der Waals surface area contributed by atoms with Crippen LogP contribution in [0, 0.1) is 0 Å². The fourth-order valence-corrected chi connectivity index (χ4v) is 9.83. The number of hydrogen-bond donors (Lipinski definition) is 0. The Balaban J connectivity index is 1.23. The average molecular weight is 757 g/mol. The van der Waals surface area contributed by atoms with Crippen LogP contribution in [0.25, 0.3) is 98.4 Å². The van der Waals surface area contributed by atoms with E-state index >= 15 is 0 Å². The summed E-state index contributed by atoms with van der Waals surface area (Å²) in [4.78, 5) is 0. The molecule has 0 aromatic heterocycles. The third-order valence-electron chi connectivity index (χ3n) is 13.1. The first kappa shape index (κ1) is 35.6. The molecule has 10 aromatic rings. The highest BCUT2D eigenvalue weighted by molar-refractivity contribution is 6.24. The van der Waals surface area contributed by atoms with E-state index in [1.165, 1.54) is 121 Å². The van der Waals surface area contributed by atoms with Crippen molar-refractivity contribution in [3.63, 3.8) is 0 Å². The molecule has 0 aliphatic heterocycles. The lowest BCUT2D eigenvalue weighted by molar-refractivity contribution is 0.589. The Bertz CT molecular complexity index is 3360. The van der Waals surface area contributed by atoms with E-state index in [2.05, 4.69) is 211 Å². The molecule has 0 heteroatoms. The van der Waals surface area contributed by atoms with Gasteiger partial charge in [-0.15, -0.1) is 0 Å². The minimum absolute atomic E-state index is 0.00952. The molecule has 1 aliphatic rings. The SMILES string of the molecule is CC(C)(C)c1ccc2c(c1)Cc1cc(C(C)(C)C)cc(-c3ccc4c(-c5ccc6ccccc6c5)cc5c6ccccc6c(-c6ccc7ccccc7c6)cc5c4c3)c1-2. The molecule has 0 nitrogen and oxygen atoms in total. The normalized spacial score (nSPS) is 12.8. The smallest absolute Gasteiger partial charge is 0.00130 e. The first-order valence-corrected chi connectivity index (χ1v) is 21.2. The molecule has 0 bridgehead atoms. The summed E-state index contributed by atoms with van der Waals surface area (Å²) in [5.74, 6) is 0. The maximum atomic E-state index is 2.52. The predicted molar refractivity (Wildman–Crippen MR) is 256 cm³/mol. The van der Waals surface area contributed by atoms with E-state index in [1.54, 1.807) is 0 Å². The monoisotopic (exact) mass is 756 g/mol. The first-order valence-electron chi connectivity index (χ1n) is 21.2. The fraction of sp³-hybridized carbons (Fsp3) is 0.153. The van der Waals surface area contributed by atoms with Crippen LogP contribution >= 0.6 is 0 Å². The van der Waals surface area contributed by atoms with E-state index in [-0.39, 0.29) is 10.8 Å². The van der Waals surface area contributed by atoms with Crippen LogP contribution in [0.5, 0.6) is 0 Å². The van der Waals surface area contributed by atoms with Gasteiger partial charge in [0.15, 0.2) is 0 Å². The van der Waals surface area contributed by atoms with Crippen LogP contribution in [-0.4, -0.2) is 0 Å².